The number of amides is 1. The third-order valence-electron chi connectivity index (χ3n) is 3.83. The third-order valence-corrected chi connectivity index (χ3v) is 3.83. The molecule has 1 atom stereocenters. The first-order valence-corrected chi connectivity index (χ1v) is 7.80. The van der Waals surface area contributed by atoms with E-state index in [1.54, 1.807) is 31.4 Å². The zero-order valence-electron chi connectivity index (χ0n) is 14.2. The average molecular weight is 343 g/mol. The standard InChI is InChI=1S/C19H21NO5/c1-20(19(23)25-13-15-6-4-3-5-7-15)17(18(21)22)12-14-8-10-16(24-2)11-9-14/h3-11,17H,12-13H2,1-2H3,(H,21,22)/t17-/m0/s1. The van der Waals surface area contributed by atoms with E-state index in [1.807, 2.05) is 30.3 Å². The molecule has 0 aliphatic heterocycles. The summed E-state index contributed by atoms with van der Waals surface area (Å²) < 4.78 is 10.3. The first kappa shape index (κ1) is 18.3. The predicted octanol–water partition coefficient (Wildman–Crippen LogP) is 2.96. The van der Waals surface area contributed by atoms with Crippen LogP contribution in [0.3, 0.4) is 0 Å². The highest BCUT2D eigenvalue weighted by atomic mass is 16.6. The molecule has 0 aromatic heterocycles. The number of rotatable bonds is 7. The molecule has 1 N–H and O–H groups in total. The largest absolute Gasteiger partial charge is 0.497 e. The van der Waals surface area contributed by atoms with Crippen molar-refractivity contribution in [3.8, 4) is 5.75 Å². The van der Waals surface area contributed by atoms with Gasteiger partial charge in [0.1, 0.15) is 18.4 Å². The number of likely N-dealkylation sites (N-methyl/N-ethyl adjacent to an activating group) is 1. The zero-order valence-corrected chi connectivity index (χ0v) is 14.2. The maximum absolute atomic E-state index is 12.2. The molecule has 0 heterocycles. The number of carbonyl (C=O) groups excluding carboxylic acids is 1. The number of hydrogen-bond donors (Lipinski definition) is 1. The third kappa shape index (κ3) is 5.24. The van der Waals surface area contributed by atoms with Gasteiger partial charge in [-0.15, -0.1) is 0 Å². The number of benzene rings is 2. The second kappa shape index (κ2) is 8.73. The summed E-state index contributed by atoms with van der Waals surface area (Å²) in [7, 11) is 2.99. The molecule has 0 aliphatic carbocycles. The summed E-state index contributed by atoms with van der Waals surface area (Å²) in [5.41, 5.74) is 1.63. The van der Waals surface area contributed by atoms with Crippen LogP contribution in [0.1, 0.15) is 11.1 Å². The molecule has 0 bridgehead atoms. The molecule has 0 saturated heterocycles. The van der Waals surface area contributed by atoms with Gasteiger partial charge in [-0.3, -0.25) is 4.90 Å². The minimum atomic E-state index is -1.09. The van der Waals surface area contributed by atoms with Crippen molar-refractivity contribution in [2.75, 3.05) is 14.2 Å². The number of carboxylic acids is 1. The second-order valence-corrected chi connectivity index (χ2v) is 5.56. The van der Waals surface area contributed by atoms with Gasteiger partial charge in [-0.05, 0) is 23.3 Å². The lowest BCUT2D eigenvalue weighted by molar-refractivity contribution is -0.142. The molecule has 1 amide bonds. The molecule has 0 unspecified atom stereocenters. The van der Waals surface area contributed by atoms with Crippen molar-refractivity contribution < 1.29 is 24.2 Å². The number of nitrogens with zero attached hydrogens (tertiary/aromatic N) is 1. The average Bonchev–Trinajstić information content (AvgIpc) is 2.64. The van der Waals surface area contributed by atoms with Crippen LogP contribution in [-0.2, 0) is 22.6 Å². The highest BCUT2D eigenvalue weighted by Gasteiger charge is 2.28. The normalized spacial score (nSPS) is 11.4. The number of carbonyl (C=O) groups is 2. The Bertz CT molecular complexity index is 700. The lowest BCUT2D eigenvalue weighted by Gasteiger charge is -2.24. The summed E-state index contributed by atoms with van der Waals surface area (Å²) in [6, 6.07) is 15.3. The summed E-state index contributed by atoms with van der Waals surface area (Å²) >= 11 is 0. The summed E-state index contributed by atoms with van der Waals surface area (Å²) in [5.74, 6) is -0.402. The Morgan fingerprint density at radius 3 is 2.24 bits per heavy atom. The van der Waals surface area contributed by atoms with Gasteiger partial charge in [0.25, 0.3) is 0 Å². The van der Waals surface area contributed by atoms with E-state index in [-0.39, 0.29) is 13.0 Å². The Hall–Kier alpha value is -3.02. The molecule has 6 nitrogen and oxygen atoms in total. The zero-order chi connectivity index (χ0) is 18.2. The van der Waals surface area contributed by atoms with E-state index in [9.17, 15) is 14.7 Å². The molecule has 25 heavy (non-hydrogen) atoms. The molecule has 0 aliphatic rings. The van der Waals surface area contributed by atoms with E-state index in [4.69, 9.17) is 9.47 Å². The van der Waals surface area contributed by atoms with Crippen LogP contribution in [-0.4, -0.2) is 42.3 Å². The quantitative estimate of drug-likeness (QED) is 0.836. The fourth-order valence-corrected chi connectivity index (χ4v) is 2.32. The van der Waals surface area contributed by atoms with E-state index >= 15 is 0 Å². The summed E-state index contributed by atoms with van der Waals surface area (Å²) in [6.45, 7) is 0.0961. The Kier molecular flexibility index (Phi) is 6.39. The first-order chi connectivity index (χ1) is 12.0. The maximum atomic E-state index is 12.2. The van der Waals surface area contributed by atoms with Gasteiger partial charge in [-0.1, -0.05) is 42.5 Å². The first-order valence-electron chi connectivity index (χ1n) is 7.80. The van der Waals surface area contributed by atoms with Gasteiger partial charge >= 0.3 is 12.1 Å². The highest BCUT2D eigenvalue weighted by molar-refractivity contribution is 5.80. The van der Waals surface area contributed by atoms with Crippen LogP contribution < -0.4 is 4.74 Å². The Balaban J connectivity index is 1.99. The number of hydrogen-bond acceptors (Lipinski definition) is 4. The minimum Gasteiger partial charge on any atom is -0.497 e. The Morgan fingerprint density at radius 2 is 1.68 bits per heavy atom. The van der Waals surface area contributed by atoms with Crippen molar-refractivity contribution in [3.05, 3.63) is 65.7 Å². The topological polar surface area (TPSA) is 76.1 Å². The van der Waals surface area contributed by atoms with E-state index in [1.165, 1.54) is 7.05 Å². The van der Waals surface area contributed by atoms with Crippen molar-refractivity contribution in [1.29, 1.82) is 0 Å². The van der Waals surface area contributed by atoms with Gasteiger partial charge in [0.2, 0.25) is 0 Å². The summed E-state index contributed by atoms with van der Waals surface area (Å²) in [4.78, 5) is 24.9. The number of aliphatic carboxylic acids is 1. The van der Waals surface area contributed by atoms with Crippen molar-refractivity contribution in [2.45, 2.75) is 19.1 Å². The van der Waals surface area contributed by atoms with Crippen molar-refractivity contribution in [3.63, 3.8) is 0 Å². The van der Waals surface area contributed by atoms with Crippen LogP contribution in [0.4, 0.5) is 4.79 Å². The van der Waals surface area contributed by atoms with E-state index < -0.39 is 18.1 Å². The highest BCUT2D eigenvalue weighted by Crippen LogP contribution is 2.15. The molecule has 0 spiro atoms. The van der Waals surface area contributed by atoms with Crippen molar-refractivity contribution in [1.82, 2.24) is 4.90 Å². The molecule has 2 aromatic carbocycles. The molecular formula is C19H21NO5. The molecule has 0 fully saturated rings. The van der Waals surface area contributed by atoms with Crippen LogP contribution in [0.15, 0.2) is 54.6 Å². The number of carboxylic acid groups (broad SMARTS) is 1. The SMILES string of the molecule is COc1ccc(C[C@@H](C(=O)O)N(C)C(=O)OCc2ccccc2)cc1. The van der Waals surface area contributed by atoms with Crippen LogP contribution in [0, 0.1) is 0 Å². The van der Waals surface area contributed by atoms with E-state index in [0.29, 0.717) is 5.75 Å². The minimum absolute atomic E-state index is 0.0961. The van der Waals surface area contributed by atoms with Crippen molar-refractivity contribution in [2.24, 2.45) is 0 Å². The summed E-state index contributed by atoms with van der Waals surface area (Å²) in [6.07, 6.45) is -0.499. The van der Waals surface area contributed by atoms with Crippen LogP contribution in [0.25, 0.3) is 0 Å². The van der Waals surface area contributed by atoms with E-state index in [0.717, 1.165) is 16.0 Å². The van der Waals surface area contributed by atoms with Gasteiger partial charge in [0.15, 0.2) is 0 Å². The van der Waals surface area contributed by atoms with Gasteiger partial charge in [-0.2, -0.15) is 0 Å². The fraction of sp³-hybridized carbons (Fsp3) is 0.263. The lowest BCUT2D eigenvalue weighted by atomic mass is 10.1. The van der Waals surface area contributed by atoms with Crippen LogP contribution in [0.2, 0.25) is 0 Å². The van der Waals surface area contributed by atoms with E-state index in [2.05, 4.69) is 0 Å². The van der Waals surface area contributed by atoms with Crippen molar-refractivity contribution >= 4 is 12.1 Å². The van der Waals surface area contributed by atoms with Gasteiger partial charge in [0.05, 0.1) is 7.11 Å². The second-order valence-electron chi connectivity index (χ2n) is 5.56. The van der Waals surface area contributed by atoms with Gasteiger partial charge < -0.3 is 14.6 Å². The molecule has 0 saturated carbocycles. The molecular weight excluding hydrogens is 322 g/mol. The van der Waals surface area contributed by atoms with Crippen LogP contribution in [0.5, 0.6) is 5.75 Å². The maximum Gasteiger partial charge on any atom is 0.410 e. The summed E-state index contributed by atoms with van der Waals surface area (Å²) in [5, 5.41) is 9.47. The molecule has 0 radical (unpaired) electrons. The van der Waals surface area contributed by atoms with Gasteiger partial charge in [0, 0.05) is 13.5 Å². The monoisotopic (exact) mass is 343 g/mol. The fourth-order valence-electron chi connectivity index (χ4n) is 2.32. The lowest BCUT2D eigenvalue weighted by Crippen LogP contribution is -2.44. The Labute approximate surface area is 146 Å². The number of methoxy groups -OCH3 is 1. The molecule has 6 heteroatoms. The Morgan fingerprint density at radius 1 is 1.04 bits per heavy atom. The van der Waals surface area contributed by atoms with Gasteiger partial charge in [-0.25, -0.2) is 9.59 Å². The molecule has 2 rings (SSSR count). The predicted molar refractivity (Wildman–Crippen MR) is 92.5 cm³/mol. The molecule has 2 aromatic rings. The smallest absolute Gasteiger partial charge is 0.410 e. The molecule has 132 valence electrons. The van der Waals surface area contributed by atoms with Crippen LogP contribution >= 0.6 is 0 Å². The number of ether oxygens (including phenoxy) is 2.